The van der Waals surface area contributed by atoms with Crippen molar-refractivity contribution in [3.8, 4) is 0 Å². The van der Waals surface area contributed by atoms with E-state index in [9.17, 15) is 13.2 Å². The summed E-state index contributed by atoms with van der Waals surface area (Å²) >= 11 is 0. The van der Waals surface area contributed by atoms with Crippen LogP contribution in [0.4, 0.5) is 5.69 Å². The first kappa shape index (κ1) is 22.0. The quantitative estimate of drug-likeness (QED) is 0.609. The lowest BCUT2D eigenvalue weighted by atomic mass is 9.96. The molecule has 3 aromatic rings. The number of aryl methyl sites for hydroxylation is 2. The minimum Gasteiger partial charge on any atom is -0.340 e. The lowest BCUT2D eigenvalue weighted by Gasteiger charge is -2.27. The average Bonchev–Trinajstić information content (AvgIpc) is 3.43. The number of aromatic nitrogens is 2. The highest BCUT2D eigenvalue weighted by molar-refractivity contribution is 7.92. The molecule has 0 radical (unpaired) electrons. The summed E-state index contributed by atoms with van der Waals surface area (Å²) < 4.78 is 32.2. The van der Waals surface area contributed by atoms with Crippen molar-refractivity contribution < 1.29 is 17.7 Å². The third-order valence-corrected chi connectivity index (χ3v) is 7.74. The molecule has 1 aromatic heterocycles. The molecule has 0 unspecified atom stereocenters. The standard InChI is InChI=1S/C23H26N4O4S/c1-16-6-12-20(13-7-16)32(29,30)27(3)19-10-8-18(9-11-19)21(28)25-23(14-4-5-15-23)22-24-17(2)31-26-22/h6-13H,4-5,14-15H2,1-3H3,(H,25,28). The molecule has 1 aliphatic carbocycles. The molecule has 0 saturated heterocycles. The van der Waals surface area contributed by atoms with Crippen LogP contribution < -0.4 is 9.62 Å². The molecule has 4 rings (SSSR count). The van der Waals surface area contributed by atoms with Gasteiger partial charge in [-0.05, 0) is 56.2 Å². The molecule has 0 aliphatic heterocycles. The van der Waals surface area contributed by atoms with Crippen molar-refractivity contribution in [1.82, 2.24) is 15.5 Å². The molecular formula is C23H26N4O4S. The van der Waals surface area contributed by atoms with Crippen LogP contribution in [0.2, 0.25) is 0 Å². The van der Waals surface area contributed by atoms with E-state index in [2.05, 4.69) is 15.5 Å². The number of hydrogen-bond donors (Lipinski definition) is 1. The molecule has 2 aromatic carbocycles. The predicted octanol–water partition coefficient (Wildman–Crippen LogP) is 3.71. The fourth-order valence-corrected chi connectivity index (χ4v) is 5.19. The van der Waals surface area contributed by atoms with E-state index in [4.69, 9.17) is 4.52 Å². The largest absolute Gasteiger partial charge is 0.340 e. The summed E-state index contributed by atoms with van der Waals surface area (Å²) in [5.41, 5.74) is 1.24. The van der Waals surface area contributed by atoms with Crippen molar-refractivity contribution in [2.24, 2.45) is 0 Å². The first-order chi connectivity index (χ1) is 15.2. The number of sulfonamides is 1. The summed E-state index contributed by atoms with van der Waals surface area (Å²) in [5, 5.41) is 7.13. The SMILES string of the molecule is Cc1ccc(S(=O)(=O)N(C)c2ccc(C(=O)NC3(c4noc(C)n4)CCCC3)cc2)cc1. The third kappa shape index (κ3) is 4.12. The number of hydrogen-bond acceptors (Lipinski definition) is 6. The van der Waals surface area contributed by atoms with Crippen molar-refractivity contribution in [3.63, 3.8) is 0 Å². The van der Waals surface area contributed by atoms with Crippen LogP contribution >= 0.6 is 0 Å². The number of amides is 1. The van der Waals surface area contributed by atoms with Gasteiger partial charge >= 0.3 is 0 Å². The van der Waals surface area contributed by atoms with Crippen molar-refractivity contribution in [1.29, 1.82) is 0 Å². The second-order valence-corrected chi connectivity index (χ2v) is 10.2. The Morgan fingerprint density at radius 1 is 1.03 bits per heavy atom. The number of nitrogens with zero attached hydrogens (tertiary/aromatic N) is 3. The van der Waals surface area contributed by atoms with E-state index in [-0.39, 0.29) is 10.8 Å². The van der Waals surface area contributed by atoms with Crippen LogP contribution in [0.15, 0.2) is 57.9 Å². The van der Waals surface area contributed by atoms with E-state index in [1.165, 1.54) is 11.4 Å². The number of carbonyl (C=O) groups is 1. The smallest absolute Gasteiger partial charge is 0.264 e. The summed E-state index contributed by atoms with van der Waals surface area (Å²) in [7, 11) is -2.20. The van der Waals surface area contributed by atoms with Gasteiger partial charge in [0, 0.05) is 19.5 Å². The zero-order valence-electron chi connectivity index (χ0n) is 18.3. The molecule has 0 bridgehead atoms. The van der Waals surface area contributed by atoms with Gasteiger partial charge in [0.25, 0.3) is 15.9 Å². The first-order valence-corrected chi connectivity index (χ1v) is 11.9. The normalized spacial score (nSPS) is 15.5. The van der Waals surface area contributed by atoms with Crippen LogP contribution in [0.25, 0.3) is 0 Å². The Kier molecular flexibility index (Phi) is 5.77. The molecule has 9 heteroatoms. The molecule has 1 fully saturated rings. The van der Waals surface area contributed by atoms with E-state index in [0.717, 1.165) is 31.2 Å². The maximum atomic E-state index is 13.0. The van der Waals surface area contributed by atoms with Gasteiger partial charge < -0.3 is 9.84 Å². The van der Waals surface area contributed by atoms with Crippen molar-refractivity contribution in [3.05, 3.63) is 71.4 Å². The van der Waals surface area contributed by atoms with Gasteiger partial charge in [-0.25, -0.2) is 8.42 Å². The van der Waals surface area contributed by atoms with E-state index in [0.29, 0.717) is 23.0 Å². The van der Waals surface area contributed by atoms with Crippen LogP contribution in [0.5, 0.6) is 0 Å². The Bertz CT molecular complexity index is 1210. The van der Waals surface area contributed by atoms with Gasteiger partial charge in [-0.15, -0.1) is 0 Å². The molecule has 1 saturated carbocycles. The van der Waals surface area contributed by atoms with Gasteiger partial charge in [-0.2, -0.15) is 4.98 Å². The first-order valence-electron chi connectivity index (χ1n) is 10.5. The minimum absolute atomic E-state index is 0.214. The highest BCUT2D eigenvalue weighted by atomic mass is 32.2. The van der Waals surface area contributed by atoms with Crippen LogP contribution in [-0.4, -0.2) is 31.5 Å². The summed E-state index contributed by atoms with van der Waals surface area (Å²) in [4.78, 5) is 17.5. The van der Waals surface area contributed by atoms with Crippen LogP contribution in [0, 0.1) is 13.8 Å². The van der Waals surface area contributed by atoms with E-state index in [1.54, 1.807) is 55.5 Å². The monoisotopic (exact) mass is 454 g/mol. The van der Waals surface area contributed by atoms with Crippen molar-refractivity contribution in [2.45, 2.75) is 50.0 Å². The summed E-state index contributed by atoms with van der Waals surface area (Å²) in [6, 6.07) is 13.2. The van der Waals surface area contributed by atoms with Gasteiger partial charge in [0.2, 0.25) is 5.89 Å². The molecule has 1 aliphatic rings. The van der Waals surface area contributed by atoms with Gasteiger partial charge in [0.05, 0.1) is 10.6 Å². The predicted molar refractivity (Wildman–Crippen MR) is 120 cm³/mol. The number of carbonyl (C=O) groups excluding carboxylic acids is 1. The maximum Gasteiger partial charge on any atom is 0.264 e. The molecule has 32 heavy (non-hydrogen) atoms. The van der Waals surface area contributed by atoms with Gasteiger partial charge in [0.1, 0.15) is 5.54 Å². The zero-order chi connectivity index (χ0) is 22.9. The summed E-state index contributed by atoms with van der Waals surface area (Å²) in [5.74, 6) is 0.703. The summed E-state index contributed by atoms with van der Waals surface area (Å²) in [6.07, 6.45) is 3.42. The highest BCUT2D eigenvalue weighted by Gasteiger charge is 2.41. The molecular weight excluding hydrogens is 428 g/mol. The Labute approximate surface area is 187 Å². The Hall–Kier alpha value is -3.20. The van der Waals surface area contributed by atoms with Crippen LogP contribution in [0.1, 0.15) is 53.3 Å². The Balaban J connectivity index is 1.53. The number of anilines is 1. The Morgan fingerprint density at radius 2 is 1.66 bits per heavy atom. The fraction of sp³-hybridized carbons (Fsp3) is 0.348. The van der Waals surface area contributed by atoms with Gasteiger partial charge in [-0.3, -0.25) is 9.10 Å². The highest BCUT2D eigenvalue weighted by Crippen LogP contribution is 2.37. The second kappa shape index (κ2) is 8.38. The van der Waals surface area contributed by atoms with Crippen molar-refractivity contribution in [2.75, 3.05) is 11.4 Å². The maximum absolute atomic E-state index is 13.0. The van der Waals surface area contributed by atoms with Crippen molar-refractivity contribution >= 4 is 21.6 Å². The van der Waals surface area contributed by atoms with E-state index < -0.39 is 15.6 Å². The fourth-order valence-electron chi connectivity index (χ4n) is 4.00. The Morgan fingerprint density at radius 3 is 2.22 bits per heavy atom. The molecule has 8 nitrogen and oxygen atoms in total. The lowest BCUT2D eigenvalue weighted by Crippen LogP contribution is -2.44. The lowest BCUT2D eigenvalue weighted by molar-refractivity contribution is 0.0892. The molecule has 0 atom stereocenters. The second-order valence-electron chi connectivity index (χ2n) is 8.21. The summed E-state index contributed by atoms with van der Waals surface area (Å²) in [6.45, 7) is 3.63. The molecule has 1 N–H and O–H groups in total. The van der Waals surface area contributed by atoms with Crippen LogP contribution in [-0.2, 0) is 15.6 Å². The number of benzene rings is 2. The minimum atomic E-state index is -3.70. The number of nitrogens with one attached hydrogen (secondary N) is 1. The zero-order valence-corrected chi connectivity index (χ0v) is 19.1. The average molecular weight is 455 g/mol. The van der Waals surface area contributed by atoms with E-state index in [1.807, 2.05) is 6.92 Å². The molecule has 1 heterocycles. The third-order valence-electron chi connectivity index (χ3n) is 5.94. The van der Waals surface area contributed by atoms with Gasteiger partial charge in [-0.1, -0.05) is 35.7 Å². The number of rotatable bonds is 6. The topological polar surface area (TPSA) is 105 Å². The molecule has 0 spiro atoms. The van der Waals surface area contributed by atoms with Crippen LogP contribution in [0.3, 0.4) is 0 Å². The molecule has 1 amide bonds. The van der Waals surface area contributed by atoms with E-state index >= 15 is 0 Å². The molecule has 168 valence electrons. The van der Waals surface area contributed by atoms with Gasteiger partial charge in [0.15, 0.2) is 5.82 Å².